The molecule has 2 aromatic rings. The van der Waals surface area contributed by atoms with Crippen LogP contribution in [0.5, 0.6) is 5.75 Å². The monoisotopic (exact) mass is 373 g/mol. The second-order valence-corrected chi connectivity index (χ2v) is 6.60. The highest BCUT2D eigenvalue weighted by molar-refractivity contribution is 5.97. The first-order chi connectivity index (χ1) is 12.8. The highest BCUT2D eigenvalue weighted by Gasteiger charge is 2.24. The van der Waals surface area contributed by atoms with Crippen molar-refractivity contribution in [3.63, 3.8) is 0 Å². The first kappa shape index (κ1) is 20.4. The second kappa shape index (κ2) is 9.16. The normalized spacial score (nSPS) is 11.8. The summed E-state index contributed by atoms with van der Waals surface area (Å²) in [5, 5.41) is 2.56. The van der Waals surface area contributed by atoms with Gasteiger partial charge in [0.1, 0.15) is 17.6 Å². The molecular formula is C21H24FNO4. The van der Waals surface area contributed by atoms with Gasteiger partial charge in [0.15, 0.2) is 0 Å². The van der Waals surface area contributed by atoms with Gasteiger partial charge in [0, 0.05) is 0 Å². The number of carbonyl (C=O) groups excluding carboxylic acids is 2. The maximum Gasteiger partial charge on any atom is 0.328 e. The molecule has 2 rings (SSSR count). The van der Waals surface area contributed by atoms with Crippen molar-refractivity contribution in [3.05, 3.63) is 53.8 Å². The molecule has 1 N–H and O–H groups in total. The Morgan fingerprint density at radius 3 is 2.19 bits per heavy atom. The molecule has 0 aliphatic carbocycles. The number of benzene rings is 2. The summed E-state index contributed by atoms with van der Waals surface area (Å²) in [6.45, 7) is 3.85. The lowest BCUT2D eigenvalue weighted by atomic mass is 10.0. The summed E-state index contributed by atoms with van der Waals surface area (Å²) in [6, 6.07) is 10.7. The van der Waals surface area contributed by atoms with Crippen LogP contribution >= 0.6 is 0 Å². The Morgan fingerprint density at radius 2 is 1.67 bits per heavy atom. The summed E-state index contributed by atoms with van der Waals surface area (Å²) >= 11 is 0. The number of amides is 1. The predicted octanol–water partition coefficient (Wildman–Crippen LogP) is 3.82. The van der Waals surface area contributed by atoms with Crippen LogP contribution in [0.2, 0.25) is 0 Å². The minimum absolute atomic E-state index is 0.120. The van der Waals surface area contributed by atoms with Gasteiger partial charge in [0.25, 0.3) is 5.91 Å². The lowest BCUT2D eigenvalue weighted by Crippen LogP contribution is -2.42. The van der Waals surface area contributed by atoms with Crippen LogP contribution in [-0.4, -0.2) is 32.1 Å². The molecule has 0 aliphatic rings. The zero-order valence-corrected chi connectivity index (χ0v) is 15.9. The first-order valence-corrected chi connectivity index (χ1v) is 8.68. The van der Waals surface area contributed by atoms with E-state index in [4.69, 9.17) is 9.47 Å². The van der Waals surface area contributed by atoms with Crippen molar-refractivity contribution >= 4 is 11.9 Å². The van der Waals surface area contributed by atoms with Gasteiger partial charge < -0.3 is 14.8 Å². The van der Waals surface area contributed by atoms with Crippen molar-refractivity contribution in [3.8, 4) is 16.9 Å². The summed E-state index contributed by atoms with van der Waals surface area (Å²) in [6.07, 6.45) is 0.407. The smallest absolute Gasteiger partial charge is 0.328 e. The van der Waals surface area contributed by atoms with Crippen molar-refractivity contribution in [2.45, 2.75) is 26.3 Å². The van der Waals surface area contributed by atoms with E-state index in [1.165, 1.54) is 19.2 Å². The van der Waals surface area contributed by atoms with E-state index in [-0.39, 0.29) is 11.5 Å². The zero-order chi connectivity index (χ0) is 20.0. The summed E-state index contributed by atoms with van der Waals surface area (Å²) in [7, 11) is 2.83. The predicted molar refractivity (Wildman–Crippen MR) is 101 cm³/mol. The molecule has 0 saturated heterocycles. The number of carbonyl (C=O) groups is 2. The highest BCUT2D eigenvalue weighted by Crippen LogP contribution is 2.24. The maximum atomic E-state index is 14.5. The van der Waals surface area contributed by atoms with Gasteiger partial charge in [0.2, 0.25) is 0 Å². The molecule has 0 saturated carbocycles. The van der Waals surface area contributed by atoms with Gasteiger partial charge in [-0.15, -0.1) is 0 Å². The lowest BCUT2D eigenvalue weighted by molar-refractivity contribution is -0.143. The van der Waals surface area contributed by atoms with Gasteiger partial charge in [-0.1, -0.05) is 32.0 Å². The van der Waals surface area contributed by atoms with Crippen LogP contribution in [0, 0.1) is 11.7 Å². The summed E-state index contributed by atoms with van der Waals surface area (Å²) in [4.78, 5) is 24.3. The largest absolute Gasteiger partial charge is 0.497 e. The quantitative estimate of drug-likeness (QED) is 0.750. The molecule has 0 fully saturated rings. The number of halogens is 1. The molecule has 1 atom stereocenters. The second-order valence-electron chi connectivity index (χ2n) is 6.60. The van der Waals surface area contributed by atoms with E-state index in [0.29, 0.717) is 17.7 Å². The van der Waals surface area contributed by atoms with Crippen LogP contribution in [0.15, 0.2) is 42.5 Å². The molecule has 5 nitrogen and oxygen atoms in total. The van der Waals surface area contributed by atoms with E-state index in [1.54, 1.807) is 25.3 Å². The SMILES string of the molecule is COC(=O)C(CC(C)C)NC(=O)c1ccc(-c2ccc(OC)cc2)cc1F. The first-order valence-electron chi connectivity index (χ1n) is 8.68. The standard InChI is InChI=1S/C21H24FNO4/c1-13(2)11-19(21(25)27-4)23-20(24)17-10-7-15(12-18(17)22)14-5-8-16(26-3)9-6-14/h5-10,12-13,19H,11H2,1-4H3,(H,23,24). The Labute approximate surface area is 158 Å². The Hall–Kier alpha value is -2.89. The van der Waals surface area contributed by atoms with E-state index in [1.807, 2.05) is 26.0 Å². The highest BCUT2D eigenvalue weighted by atomic mass is 19.1. The fourth-order valence-corrected chi connectivity index (χ4v) is 2.73. The van der Waals surface area contributed by atoms with Crippen LogP contribution in [0.25, 0.3) is 11.1 Å². The third-order valence-electron chi connectivity index (χ3n) is 4.14. The van der Waals surface area contributed by atoms with E-state index in [9.17, 15) is 14.0 Å². The number of nitrogens with one attached hydrogen (secondary N) is 1. The molecule has 0 spiro atoms. The molecule has 1 amide bonds. The molecule has 144 valence electrons. The topological polar surface area (TPSA) is 64.6 Å². The van der Waals surface area contributed by atoms with Gasteiger partial charge in [-0.05, 0) is 47.7 Å². The molecule has 0 heterocycles. The number of hydrogen-bond acceptors (Lipinski definition) is 4. The van der Waals surface area contributed by atoms with E-state index in [2.05, 4.69) is 5.32 Å². The van der Waals surface area contributed by atoms with Crippen molar-refractivity contribution in [1.29, 1.82) is 0 Å². The molecule has 27 heavy (non-hydrogen) atoms. The average molecular weight is 373 g/mol. The molecule has 0 aromatic heterocycles. The molecule has 0 aliphatic heterocycles. The van der Waals surface area contributed by atoms with Crippen LogP contribution < -0.4 is 10.1 Å². The molecule has 0 radical (unpaired) electrons. The molecule has 1 unspecified atom stereocenters. The molecule has 6 heteroatoms. The maximum absolute atomic E-state index is 14.5. The molecule has 0 bridgehead atoms. The number of rotatable bonds is 7. The van der Waals surface area contributed by atoms with E-state index >= 15 is 0 Å². The fraction of sp³-hybridized carbons (Fsp3) is 0.333. The Morgan fingerprint density at radius 1 is 1.04 bits per heavy atom. The fourth-order valence-electron chi connectivity index (χ4n) is 2.73. The van der Waals surface area contributed by atoms with Gasteiger partial charge in [0.05, 0.1) is 19.8 Å². The zero-order valence-electron chi connectivity index (χ0n) is 15.9. The number of hydrogen-bond donors (Lipinski definition) is 1. The Bertz CT molecular complexity index is 802. The van der Waals surface area contributed by atoms with Crippen LogP contribution in [0.1, 0.15) is 30.6 Å². The number of ether oxygens (including phenoxy) is 2. The van der Waals surface area contributed by atoms with Gasteiger partial charge in [-0.2, -0.15) is 0 Å². The third kappa shape index (κ3) is 5.29. The molecule has 2 aromatic carbocycles. The van der Waals surface area contributed by atoms with Crippen molar-refractivity contribution < 1.29 is 23.5 Å². The van der Waals surface area contributed by atoms with Crippen molar-refractivity contribution in [2.24, 2.45) is 5.92 Å². The van der Waals surface area contributed by atoms with E-state index in [0.717, 1.165) is 5.56 Å². The van der Waals surface area contributed by atoms with Crippen molar-refractivity contribution in [1.82, 2.24) is 5.32 Å². The number of esters is 1. The van der Waals surface area contributed by atoms with Gasteiger partial charge in [-0.3, -0.25) is 4.79 Å². The summed E-state index contributed by atoms with van der Waals surface area (Å²) < 4.78 is 24.4. The van der Waals surface area contributed by atoms with Crippen LogP contribution in [0.4, 0.5) is 4.39 Å². The molecular weight excluding hydrogens is 349 g/mol. The third-order valence-corrected chi connectivity index (χ3v) is 4.14. The van der Waals surface area contributed by atoms with E-state index < -0.39 is 23.7 Å². The number of methoxy groups -OCH3 is 2. The van der Waals surface area contributed by atoms with Crippen LogP contribution in [-0.2, 0) is 9.53 Å². The van der Waals surface area contributed by atoms with Crippen molar-refractivity contribution in [2.75, 3.05) is 14.2 Å². The lowest BCUT2D eigenvalue weighted by Gasteiger charge is -2.18. The van der Waals surface area contributed by atoms with Gasteiger partial charge >= 0.3 is 5.97 Å². The Balaban J connectivity index is 2.20. The minimum Gasteiger partial charge on any atom is -0.497 e. The van der Waals surface area contributed by atoms with Gasteiger partial charge in [-0.25, -0.2) is 9.18 Å². The summed E-state index contributed by atoms with van der Waals surface area (Å²) in [5.41, 5.74) is 1.32. The average Bonchev–Trinajstić information content (AvgIpc) is 2.66. The summed E-state index contributed by atoms with van der Waals surface area (Å²) in [5.74, 6) is -0.989. The minimum atomic E-state index is -0.817. The van der Waals surface area contributed by atoms with Crippen LogP contribution in [0.3, 0.4) is 0 Å². The Kier molecular flexibility index (Phi) is 6.93.